The van der Waals surface area contributed by atoms with Crippen molar-refractivity contribution >= 4 is 11.6 Å². The molecule has 0 aliphatic heterocycles. The molecule has 0 aromatic heterocycles. The number of rotatable bonds is 0. The van der Waals surface area contributed by atoms with E-state index in [1.165, 1.54) is 6.11 Å². The van der Waals surface area contributed by atoms with Gasteiger partial charge in [-0.2, -0.15) is 0 Å². The number of halogens is 1. The quantitative estimate of drug-likeness (QED) is 0.375. The van der Waals surface area contributed by atoms with Crippen LogP contribution >= 0.6 is 11.6 Å². The van der Waals surface area contributed by atoms with E-state index in [4.69, 9.17) is 5.11 Å². The van der Waals surface area contributed by atoms with Gasteiger partial charge in [0.15, 0.2) is 6.11 Å². The highest BCUT2D eigenvalue weighted by Gasteiger charge is 1.37. The van der Waals surface area contributed by atoms with Gasteiger partial charge in [0.1, 0.15) is 0 Å². The van der Waals surface area contributed by atoms with E-state index in [-0.39, 0.29) is 0 Å². The van der Waals surface area contributed by atoms with Gasteiger partial charge in [0, 0.05) is 0 Å². The predicted octanol–water partition coefficient (Wildman–Crippen LogP) is 0.574. The summed E-state index contributed by atoms with van der Waals surface area (Å²) in [5.41, 5.74) is 0. The van der Waals surface area contributed by atoms with Crippen LogP contribution in [0.5, 0.6) is 0 Å². The highest BCUT2D eigenvalue weighted by Crippen LogP contribution is 1.54. The van der Waals surface area contributed by atoms with Crippen molar-refractivity contribution in [3.63, 3.8) is 0 Å². The first kappa shape index (κ1) is 3.65. The highest BCUT2D eigenvalue weighted by molar-refractivity contribution is 6.30. The zero-order valence-electron chi connectivity index (χ0n) is 1.79. The second kappa shape index (κ2) is 2.65. The van der Waals surface area contributed by atoms with E-state index in [1.807, 2.05) is 0 Å². The van der Waals surface area contributed by atoms with Gasteiger partial charge in [-0.05, 0) is 11.6 Å². The van der Waals surface area contributed by atoms with Crippen LogP contribution in [0.1, 0.15) is 0 Å². The van der Waals surface area contributed by atoms with Crippen LogP contribution in [0.4, 0.5) is 0 Å². The van der Waals surface area contributed by atoms with E-state index < -0.39 is 0 Å². The zero-order valence-corrected chi connectivity index (χ0v) is 2.54. The molecule has 0 amide bonds. The predicted molar refractivity (Wildman–Crippen MR) is 14.3 cm³/mol. The fraction of sp³-hybridized carbons (Fsp3) is 0. The van der Waals surface area contributed by atoms with Crippen molar-refractivity contribution in [2.24, 2.45) is 0 Å². The Morgan fingerprint density at radius 2 is 2.00 bits per heavy atom. The first-order valence-electron chi connectivity index (χ1n) is 0.643. The minimum Gasteiger partial charge on any atom is -0.223 e. The first-order valence-corrected chi connectivity index (χ1v) is 1.02. The Labute approximate surface area is 29.2 Å². The average molecular weight is 75.5 g/mol. The van der Waals surface area contributed by atoms with Crippen LogP contribution in [0.3, 0.4) is 0 Å². The Balaban J connectivity index is 2.83. The van der Waals surface area contributed by atoms with Crippen molar-refractivity contribution in [2.75, 3.05) is 0 Å². The van der Waals surface area contributed by atoms with Crippen LogP contribution in [0.2, 0.25) is 0 Å². The maximum Gasteiger partial charge on any atom is 0.189 e. The molecule has 4 heavy (non-hydrogen) atoms. The fourth-order valence-electron chi connectivity index (χ4n) is 0. The summed E-state index contributed by atoms with van der Waals surface area (Å²) in [6, 6.07) is 0. The minimum atomic E-state index is 1.20. The van der Waals surface area contributed by atoms with Gasteiger partial charge in [0.05, 0.1) is 5.38 Å². The lowest BCUT2D eigenvalue weighted by Gasteiger charge is -1.31. The number of hydrogen-bond acceptors (Lipinski definition) is 0. The molecule has 0 atom stereocenters. The second-order valence-electron chi connectivity index (χ2n) is 0.197. The summed E-state index contributed by atoms with van der Waals surface area (Å²) in [6.45, 7) is 0. The van der Waals surface area contributed by atoms with Crippen LogP contribution < -0.4 is 0 Å². The van der Waals surface area contributed by atoms with Crippen LogP contribution in [0.25, 0.3) is 0 Å². The zero-order chi connectivity index (χ0) is 3.41. The molecule has 1 nitrogen and oxygen atoms in total. The largest absolute Gasteiger partial charge is 0.223 e. The van der Waals surface area contributed by atoms with Crippen molar-refractivity contribution in [1.82, 2.24) is 0 Å². The average Bonchev–Trinajstić information content (AvgIpc) is 1.37. The summed E-state index contributed by atoms with van der Waals surface area (Å²) >= 11 is 4.51. The summed E-state index contributed by atoms with van der Waals surface area (Å²) in [5.74, 6) is 0. The summed E-state index contributed by atoms with van der Waals surface area (Å²) in [7, 11) is 0. The summed E-state index contributed by atoms with van der Waals surface area (Å²) in [5, 5.41) is 10.4. The van der Waals surface area contributed by atoms with Gasteiger partial charge in [-0.1, -0.05) is 0 Å². The van der Waals surface area contributed by atoms with Gasteiger partial charge in [-0.15, -0.1) is 0 Å². The third-order valence-electron chi connectivity index (χ3n) is 0.0386. The molecule has 0 saturated heterocycles. The standard InChI is InChI=1S/C2ClO/c3-1-2-4. The van der Waals surface area contributed by atoms with E-state index in [0.717, 1.165) is 0 Å². The van der Waals surface area contributed by atoms with E-state index in [2.05, 4.69) is 11.6 Å². The minimum absolute atomic E-state index is 1.20. The molecule has 0 N–H and O–H groups in total. The molecule has 0 heterocycles. The van der Waals surface area contributed by atoms with Gasteiger partial charge >= 0.3 is 0 Å². The molecule has 0 unspecified atom stereocenters. The van der Waals surface area contributed by atoms with E-state index in [0.29, 0.717) is 0 Å². The molecule has 0 aliphatic carbocycles. The van der Waals surface area contributed by atoms with E-state index in [1.54, 1.807) is 5.38 Å². The molecule has 2 heteroatoms. The van der Waals surface area contributed by atoms with Gasteiger partial charge in [0.2, 0.25) is 0 Å². The van der Waals surface area contributed by atoms with Crippen LogP contribution in [0.15, 0.2) is 0 Å². The molecule has 0 saturated carbocycles. The normalized spacial score (nSPS) is 3.25. The van der Waals surface area contributed by atoms with Gasteiger partial charge in [-0.3, -0.25) is 0 Å². The molecule has 0 aromatic carbocycles. The maximum atomic E-state index is 8.81. The molecule has 21 valence electrons. The molecule has 0 fully saturated rings. The smallest absolute Gasteiger partial charge is 0.189 e. The van der Waals surface area contributed by atoms with Crippen molar-refractivity contribution in [3.8, 4) is 11.5 Å². The van der Waals surface area contributed by atoms with Crippen molar-refractivity contribution in [3.05, 3.63) is 0 Å². The second-order valence-corrected chi connectivity index (χ2v) is 0.386. The monoisotopic (exact) mass is 75.0 g/mol. The van der Waals surface area contributed by atoms with Gasteiger partial charge in [0.25, 0.3) is 0 Å². The van der Waals surface area contributed by atoms with Gasteiger partial charge in [-0.25, -0.2) is 5.11 Å². The molecular formula is C2ClO. The Bertz CT molecular complexity index is 42.8. The third kappa shape index (κ3) is 1.65. The fourth-order valence-corrected chi connectivity index (χ4v) is 0. The van der Waals surface area contributed by atoms with Crippen LogP contribution in [-0.4, -0.2) is 0 Å². The van der Waals surface area contributed by atoms with Crippen molar-refractivity contribution in [2.45, 2.75) is 0 Å². The molecular weight excluding hydrogens is 75.5 g/mol. The molecule has 0 aromatic rings. The molecule has 0 rings (SSSR count). The van der Waals surface area contributed by atoms with Crippen LogP contribution in [0, 0.1) is 11.5 Å². The van der Waals surface area contributed by atoms with Crippen molar-refractivity contribution < 1.29 is 5.11 Å². The molecule has 0 spiro atoms. The van der Waals surface area contributed by atoms with Crippen molar-refractivity contribution in [1.29, 1.82) is 0 Å². The first-order chi connectivity index (χ1) is 1.91. The maximum absolute atomic E-state index is 8.81. The summed E-state index contributed by atoms with van der Waals surface area (Å²) < 4.78 is 0. The van der Waals surface area contributed by atoms with E-state index in [9.17, 15) is 0 Å². The number of hydrogen-bond donors (Lipinski definition) is 0. The SMILES string of the molecule is [O]C#CCl. The third-order valence-corrected chi connectivity index (χ3v) is 0.116. The highest BCUT2D eigenvalue weighted by atomic mass is 35.5. The topological polar surface area (TPSA) is 19.9 Å². The van der Waals surface area contributed by atoms with Crippen LogP contribution in [-0.2, 0) is 5.11 Å². The van der Waals surface area contributed by atoms with E-state index >= 15 is 0 Å². The lowest BCUT2D eigenvalue weighted by Crippen LogP contribution is -1.28. The summed E-state index contributed by atoms with van der Waals surface area (Å²) in [4.78, 5) is 0. The van der Waals surface area contributed by atoms with Gasteiger partial charge < -0.3 is 0 Å². The summed E-state index contributed by atoms with van der Waals surface area (Å²) in [6.07, 6.45) is 1.20. The Hall–Kier alpha value is -0.350. The lowest BCUT2D eigenvalue weighted by atomic mass is 11.3. The Morgan fingerprint density at radius 3 is 2.00 bits per heavy atom. The Kier molecular flexibility index (Phi) is 2.42. The molecule has 0 aliphatic rings. The Morgan fingerprint density at radius 1 is 1.75 bits per heavy atom. The lowest BCUT2D eigenvalue weighted by molar-refractivity contribution is 0.392. The molecule has 0 bridgehead atoms. The molecule has 1 radical (unpaired) electrons.